The van der Waals surface area contributed by atoms with E-state index in [1.165, 1.54) is 0 Å². The molecule has 0 aliphatic rings. The summed E-state index contributed by atoms with van der Waals surface area (Å²) in [5.74, 6) is 0.162. The Kier molecular flexibility index (Phi) is 6.57. The standard InChI is InChI=1S/C21H21N3O5/c1-3-27-17-10-5-4-9-16(17)20-23-18(29-24-20)13-28-19(25)12-22-21(26)15-8-6-7-14(2)11-15/h4-11H,3,12-13H2,1-2H3,(H,22,26). The number of aromatic nitrogens is 2. The van der Waals surface area contributed by atoms with E-state index in [2.05, 4.69) is 15.5 Å². The molecular formula is C21H21N3O5. The third-order valence-corrected chi connectivity index (χ3v) is 3.93. The highest BCUT2D eigenvalue weighted by Crippen LogP contribution is 2.27. The molecule has 1 N–H and O–H groups in total. The fourth-order valence-corrected chi connectivity index (χ4v) is 2.59. The van der Waals surface area contributed by atoms with Crippen molar-refractivity contribution < 1.29 is 23.6 Å². The minimum absolute atomic E-state index is 0.143. The van der Waals surface area contributed by atoms with Crippen molar-refractivity contribution in [1.82, 2.24) is 15.5 Å². The van der Waals surface area contributed by atoms with Crippen LogP contribution in [-0.2, 0) is 16.1 Å². The molecule has 29 heavy (non-hydrogen) atoms. The molecule has 0 atom stereocenters. The molecule has 0 radical (unpaired) electrons. The molecule has 1 aromatic heterocycles. The van der Waals surface area contributed by atoms with Gasteiger partial charge in [0.1, 0.15) is 12.3 Å². The van der Waals surface area contributed by atoms with Gasteiger partial charge < -0.3 is 19.3 Å². The molecule has 0 saturated carbocycles. The normalized spacial score (nSPS) is 10.4. The van der Waals surface area contributed by atoms with Crippen molar-refractivity contribution in [3.8, 4) is 17.1 Å². The Morgan fingerprint density at radius 1 is 1.14 bits per heavy atom. The largest absolute Gasteiger partial charge is 0.493 e. The van der Waals surface area contributed by atoms with Gasteiger partial charge in [-0.25, -0.2) is 0 Å². The molecule has 1 amide bonds. The third-order valence-electron chi connectivity index (χ3n) is 3.93. The number of aryl methyl sites for hydroxylation is 1. The Labute approximate surface area is 167 Å². The van der Waals surface area contributed by atoms with Crippen LogP contribution in [0.2, 0.25) is 0 Å². The van der Waals surface area contributed by atoms with Crippen LogP contribution in [0, 0.1) is 6.92 Å². The van der Waals surface area contributed by atoms with Crippen molar-refractivity contribution in [3.05, 3.63) is 65.5 Å². The van der Waals surface area contributed by atoms with Crippen LogP contribution < -0.4 is 10.1 Å². The summed E-state index contributed by atoms with van der Waals surface area (Å²) in [4.78, 5) is 28.2. The number of carbonyl (C=O) groups is 2. The number of esters is 1. The summed E-state index contributed by atoms with van der Waals surface area (Å²) in [6.07, 6.45) is 0. The summed E-state index contributed by atoms with van der Waals surface area (Å²) in [5, 5.41) is 6.42. The first kappa shape index (κ1) is 20.1. The number of nitrogens with zero attached hydrogens (tertiary/aromatic N) is 2. The minimum atomic E-state index is -0.611. The lowest BCUT2D eigenvalue weighted by Gasteiger charge is -2.06. The average Bonchev–Trinajstić information content (AvgIpc) is 3.20. The van der Waals surface area contributed by atoms with E-state index in [-0.39, 0.29) is 24.9 Å². The van der Waals surface area contributed by atoms with Crippen LogP contribution in [0.3, 0.4) is 0 Å². The molecule has 1 heterocycles. The quantitative estimate of drug-likeness (QED) is 0.585. The molecule has 0 spiro atoms. The average molecular weight is 395 g/mol. The van der Waals surface area contributed by atoms with Crippen LogP contribution in [0.4, 0.5) is 0 Å². The van der Waals surface area contributed by atoms with E-state index in [0.29, 0.717) is 29.3 Å². The first-order valence-corrected chi connectivity index (χ1v) is 9.12. The molecular weight excluding hydrogens is 374 g/mol. The molecule has 8 nitrogen and oxygen atoms in total. The number of nitrogens with one attached hydrogen (secondary N) is 1. The zero-order valence-corrected chi connectivity index (χ0v) is 16.2. The Balaban J connectivity index is 1.52. The second-order valence-electron chi connectivity index (χ2n) is 6.15. The summed E-state index contributed by atoms with van der Waals surface area (Å²) in [5.41, 5.74) is 2.12. The van der Waals surface area contributed by atoms with Gasteiger partial charge in [-0.2, -0.15) is 4.98 Å². The van der Waals surface area contributed by atoms with Crippen molar-refractivity contribution >= 4 is 11.9 Å². The number of para-hydroxylation sites is 1. The Bertz CT molecular complexity index is 999. The fraction of sp³-hybridized carbons (Fsp3) is 0.238. The van der Waals surface area contributed by atoms with Gasteiger partial charge in [0.2, 0.25) is 5.82 Å². The molecule has 2 aromatic carbocycles. The lowest BCUT2D eigenvalue weighted by Crippen LogP contribution is -2.30. The SMILES string of the molecule is CCOc1ccccc1-c1noc(COC(=O)CNC(=O)c2cccc(C)c2)n1. The molecule has 0 aliphatic heterocycles. The lowest BCUT2D eigenvalue weighted by molar-refractivity contribution is -0.144. The molecule has 3 aromatic rings. The van der Waals surface area contributed by atoms with Gasteiger partial charge in [0.15, 0.2) is 6.61 Å². The molecule has 0 bridgehead atoms. The van der Waals surface area contributed by atoms with Gasteiger partial charge >= 0.3 is 5.97 Å². The monoisotopic (exact) mass is 395 g/mol. The van der Waals surface area contributed by atoms with E-state index in [1.807, 2.05) is 44.2 Å². The maximum atomic E-state index is 12.0. The van der Waals surface area contributed by atoms with E-state index in [0.717, 1.165) is 5.56 Å². The minimum Gasteiger partial charge on any atom is -0.493 e. The highest BCUT2D eigenvalue weighted by Gasteiger charge is 2.15. The van der Waals surface area contributed by atoms with E-state index < -0.39 is 5.97 Å². The van der Waals surface area contributed by atoms with Crippen molar-refractivity contribution in [2.75, 3.05) is 13.2 Å². The number of ether oxygens (including phenoxy) is 2. The molecule has 0 aliphatic carbocycles. The second kappa shape index (κ2) is 9.50. The van der Waals surface area contributed by atoms with Gasteiger partial charge in [-0.05, 0) is 38.1 Å². The van der Waals surface area contributed by atoms with Gasteiger partial charge in [0.25, 0.3) is 11.8 Å². The van der Waals surface area contributed by atoms with Crippen molar-refractivity contribution in [1.29, 1.82) is 0 Å². The summed E-state index contributed by atoms with van der Waals surface area (Å²) < 4.78 is 15.8. The summed E-state index contributed by atoms with van der Waals surface area (Å²) in [6, 6.07) is 14.4. The van der Waals surface area contributed by atoms with Gasteiger partial charge in [0, 0.05) is 5.56 Å². The first-order valence-electron chi connectivity index (χ1n) is 9.12. The second-order valence-corrected chi connectivity index (χ2v) is 6.15. The van der Waals surface area contributed by atoms with Crippen LogP contribution in [0.5, 0.6) is 5.75 Å². The van der Waals surface area contributed by atoms with Crippen LogP contribution in [-0.4, -0.2) is 35.2 Å². The van der Waals surface area contributed by atoms with Crippen LogP contribution in [0.15, 0.2) is 53.1 Å². The highest BCUT2D eigenvalue weighted by molar-refractivity contribution is 5.96. The first-order chi connectivity index (χ1) is 14.1. The summed E-state index contributed by atoms with van der Waals surface area (Å²) in [7, 11) is 0. The van der Waals surface area contributed by atoms with E-state index in [1.54, 1.807) is 18.2 Å². The van der Waals surface area contributed by atoms with Crippen LogP contribution >= 0.6 is 0 Å². The number of rotatable bonds is 8. The molecule has 0 fully saturated rings. The van der Waals surface area contributed by atoms with Crippen molar-refractivity contribution in [3.63, 3.8) is 0 Å². The molecule has 0 unspecified atom stereocenters. The Morgan fingerprint density at radius 3 is 2.76 bits per heavy atom. The summed E-state index contributed by atoms with van der Waals surface area (Å²) in [6.45, 7) is 3.82. The molecule has 3 rings (SSSR count). The van der Waals surface area contributed by atoms with Crippen LogP contribution in [0.1, 0.15) is 28.7 Å². The topological polar surface area (TPSA) is 104 Å². The molecule has 8 heteroatoms. The van der Waals surface area contributed by atoms with Gasteiger partial charge in [-0.1, -0.05) is 35.0 Å². The molecule has 0 saturated heterocycles. The highest BCUT2D eigenvalue weighted by atomic mass is 16.6. The smallest absolute Gasteiger partial charge is 0.325 e. The van der Waals surface area contributed by atoms with Gasteiger partial charge in [0.05, 0.1) is 12.2 Å². The van der Waals surface area contributed by atoms with E-state index in [4.69, 9.17) is 14.0 Å². The number of hydrogen-bond acceptors (Lipinski definition) is 7. The lowest BCUT2D eigenvalue weighted by atomic mass is 10.1. The maximum absolute atomic E-state index is 12.0. The Hall–Kier alpha value is -3.68. The van der Waals surface area contributed by atoms with Gasteiger partial charge in [-0.15, -0.1) is 0 Å². The predicted octanol–water partition coefficient (Wildman–Crippen LogP) is 2.92. The molecule has 150 valence electrons. The van der Waals surface area contributed by atoms with E-state index >= 15 is 0 Å². The maximum Gasteiger partial charge on any atom is 0.325 e. The summed E-state index contributed by atoms with van der Waals surface area (Å²) >= 11 is 0. The number of carbonyl (C=O) groups excluding carboxylic acids is 2. The van der Waals surface area contributed by atoms with Crippen LogP contribution in [0.25, 0.3) is 11.4 Å². The zero-order valence-electron chi connectivity index (χ0n) is 16.2. The van der Waals surface area contributed by atoms with Gasteiger partial charge in [-0.3, -0.25) is 9.59 Å². The number of amides is 1. The number of hydrogen-bond donors (Lipinski definition) is 1. The van der Waals surface area contributed by atoms with Crippen molar-refractivity contribution in [2.24, 2.45) is 0 Å². The van der Waals surface area contributed by atoms with Crippen molar-refractivity contribution in [2.45, 2.75) is 20.5 Å². The zero-order chi connectivity index (χ0) is 20.6. The third kappa shape index (κ3) is 5.41. The predicted molar refractivity (Wildman–Crippen MR) is 104 cm³/mol. The number of benzene rings is 2. The van der Waals surface area contributed by atoms with E-state index in [9.17, 15) is 9.59 Å². The Morgan fingerprint density at radius 2 is 1.97 bits per heavy atom. The fourth-order valence-electron chi connectivity index (χ4n) is 2.59.